The second kappa shape index (κ2) is 42.8. The molecule has 4 heterocycles. The van der Waals surface area contributed by atoms with Crippen molar-refractivity contribution in [2.75, 3.05) is 58.1 Å². The fourth-order valence-electron chi connectivity index (χ4n) is 7.46. The number of aromatic nitrogens is 1. The topological polar surface area (TPSA) is 463 Å². The maximum atomic E-state index is 12.6. The van der Waals surface area contributed by atoms with Crippen LogP contribution in [0.3, 0.4) is 0 Å². The maximum Gasteiger partial charge on any atom is 0.411 e. The lowest BCUT2D eigenvalue weighted by molar-refractivity contribution is -0.405. The van der Waals surface area contributed by atoms with E-state index in [-0.39, 0.29) is 72.9 Å². The summed E-state index contributed by atoms with van der Waals surface area (Å²) in [6.07, 6.45) is 12.0. The summed E-state index contributed by atoms with van der Waals surface area (Å²) in [4.78, 5) is 191. The third-order valence-corrected chi connectivity index (χ3v) is 14.8. The summed E-state index contributed by atoms with van der Waals surface area (Å²) in [6.45, 7) is 12.1. The Morgan fingerprint density at radius 2 is 1.24 bits per heavy atom. The van der Waals surface area contributed by atoms with E-state index < -0.39 is 95.7 Å². The Labute approximate surface area is 545 Å². The molecule has 10 amide bonds. The van der Waals surface area contributed by atoms with Crippen LogP contribution in [0.25, 0.3) is 0 Å². The van der Waals surface area contributed by atoms with Crippen molar-refractivity contribution in [1.29, 1.82) is 0 Å². The van der Waals surface area contributed by atoms with Crippen molar-refractivity contribution in [2.45, 2.75) is 129 Å². The number of benzene rings is 1. The van der Waals surface area contributed by atoms with Gasteiger partial charge in [-0.2, -0.15) is 0 Å². The molecule has 93 heavy (non-hydrogen) atoms. The van der Waals surface area contributed by atoms with Gasteiger partial charge in [0.2, 0.25) is 17.7 Å². The number of nitrogens with zero attached hydrogens (tertiary/aromatic N) is 7. The normalized spacial score (nSPS) is 13.8. The van der Waals surface area contributed by atoms with Crippen LogP contribution < -0.4 is 27.8 Å². The van der Waals surface area contributed by atoms with E-state index in [2.05, 4.69) is 27.1 Å². The van der Waals surface area contributed by atoms with Gasteiger partial charge < -0.3 is 42.6 Å². The number of amides is 10. The first-order chi connectivity index (χ1) is 43.6. The van der Waals surface area contributed by atoms with Crippen LogP contribution >= 0.6 is 21.6 Å². The predicted octanol–water partition coefficient (Wildman–Crippen LogP) is 0.298. The highest BCUT2D eigenvalue weighted by Gasteiger charge is 2.30. The van der Waals surface area contributed by atoms with Crippen LogP contribution in [0.15, 0.2) is 90.1 Å². The van der Waals surface area contributed by atoms with E-state index >= 15 is 0 Å². The van der Waals surface area contributed by atoms with Gasteiger partial charge in [0.15, 0.2) is 16.6 Å². The molecule has 0 aliphatic carbocycles. The number of hydrogen-bond acceptors (Lipinski definition) is 22. The molecule has 0 fully saturated rings. The number of likely N-dealkylation sites (N-methyl/N-ethyl adjacent to an activating group) is 1. The average Bonchev–Trinajstić information content (AvgIpc) is 1.94. The summed E-state index contributed by atoms with van der Waals surface area (Å²) >= 11 is 0. The fraction of sp³-hybridized carbons (Fsp3) is 0.467. The lowest BCUT2D eigenvalue weighted by atomic mass is 10.1. The number of carboxylic acids is 1. The van der Waals surface area contributed by atoms with Crippen LogP contribution in [-0.4, -0.2) is 210 Å². The molecule has 5 rings (SSSR count). The number of nitrogens with two attached hydrogens (primary N) is 1. The minimum atomic E-state index is -1.17. The molecule has 0 saturated heterocycles. The summed E-state index contributed by atoms with van der Waals surface area (Å²) in [7, 11) is 2.43. The smallest absolute Gasteiger partial charge is 0.411 e. The molecule has 0 saturated carbocycles. The number of aliphatic carboxylic acids is 1. The van der Waals surface area contributed by atoms with E-state index in [0.29, 0.717) is 36.6 Å². The van der Waals surface area contributed by atoms with Gasteiger partial charge in [0.1, 0.15) is 49.4 Å². The molecule has 2 aromatic rings. The number of imide groups is 3. The van der Waals surface area contributed by atoms with Crippen molar-refractivity contribution in [2.24, 2.45) is 5.73 Å². The van der Waals surface area contributed by atoms with Crippen LogP contribution in [0.1, 0.15) is 99.5 Å². The molecule has 3 atom stereocenters. The lowest BCUT2D eigenvalue weighted by Gasteiger charge is -2.28. The first kappa shape index (κ1) is 81.8. The Morgan fingerprint density at radius 3 is 1.69 bits per heavy atom. The van der Waals surface area contributed by atoms with Crippen LogP contribution in [0.2, 0.25) is 0 Å². The highest BCUT2D eigenvalue weighted by atomic mass is 33.1. The van der Waals surface area contributed by atoms with E-state index in [4.69, 9.17) is 15.6 Å². The Bertz CT molecular complexity index is 3050. The van der Waals surface area contributed by atoms with E-state index in [1.807, 2.05) is 6.07 Å². The van der Waals surface area contributed by atoms with Crippen molar-refractivity contribution in [3.63, 3.8) is 0 Å². The minimum absolute atomic E-state index is 0.00606. The molecular formula is C60H84N12O19S2+2. The molecule has 3 aliphatic heterocycles. The summed E-state index contributed by atoms with van der Waals surface area (Å²) in [5.74, 6) is -5.63. The molecule has 1 aromatic heterocycles. The van der Waals surface area contributed by atoms with Gasteiger partial charge >= 0.3 is 17.7 Å². The van der Waals surface area contributed by atoms with Crippen molar-refractivity contribution in [3.05, 3.63) is 101 Å². The molecule has 3 aliphatic rings. The zero-order valence-corrected chi connectivity index (χ0v) is 55.0. The Morgan fingerprint density at radius 1 is 0.710 bits per heavy atom. The zero-order valence-electron chi connectivity index (χ0n) is 53.4. The zero-order chi connectivity index (χ0) is 70.5. The highest BCUT2D eigenvalue weighted by molar-refractivity contribution is 8.76. The molecule has 31 nitrogen and oxygen atoms in total. The SMILES string of the molecule is CC(=O)C(CCCCNC(=O)CN1C(=O)C=CC1=O)NC(=O)CN1C(=O)C=CC1=O.CC(=O)C(N)CSSc1ncccc1[N+](=O)[O-].CC(=O)C([NH3+])CCCC[NH3+].CC(=O)CN(CC(=O)N(CC(=O)O)Cc1ccccc1)C(=O)OC(C)(C)C.CCN1C(=O)C=CC1=O. The van der Waals surface area contributed by atoms with Gasteiger partial charge in [0, 0.05) is 87.5 Å². The van der Waals surface area contributed by atoms with E-state index in [1.165, 1.54) is 66.9 Å². The molecule has 33 heteroatoms. The lowest BCUT2D eigenvalue weighted by Crippen LogP contribution is -2.64. The standard InChI is InChI=1S/C19H22N4O7.C19H26N2O6.C9H11N3O3S2.C7H16N2O.C6H7NO2/c1-12(24)13(21-15(26)11-23-18(29)7-8-19(23)30)4-2-3-9-20-14(25)10-22-16(27)5-6-17(22)28;1-14(22)10-21(18(26)27-19(2,3)4)12-16(23)20(13-17(24)25)11-15-8-6-5-7-9-15;1-6(13)7(10)5-16-17-9-8(12(14)15)3-2-4-11-9;1-6(10)7(9)4-2-3-5-8;1-2-7-5(8)3-4-6(7)9/h5-8,13H,2-4,9-11H2,1H3,(H,20,25)(H,21,26);5-9H,10-13H2,1-4H3,(H,24,25);2-4,7H,5,10H2,1H3;7H,2-5,8-9H2,1H3;3-4H,2H2,1H3/p+2. The van der Waals surface area contributed by atoms with E-state index in [0.717, 1.165) is 86.1 Å². The number of nitro groups is 1. The highest BCUT2D eigenvalue weighted by Crippen LogP contribution is 2.35. The summed E-state index contributed by atoms with van der Waals surface area (Å²) in [6, 6.07) is 10.5. The molecule has 508 valence electrons. The number of ether oxygens (including phenoxy) is 1. The number of carbonyl (C=O) groups excluding carboxylic acids is 14. The second-order valence-corrected chi connectivity index (χ2v) is 23.8. The molecular weight excluding hydrogens is 1260 g/mol. The number of nitrogens with one attached hydrogen (secondary N) is 2. The third kappa shape index (κ3) is 33.6. The first-order valence-corrected chi connectivity index (χ1v) is 31.4. The van der Waals surface area contributed by atoms with Crippen molar-refractivity contribution < 1.29 is 98.2 Å². The number of pyridine rings is 1. The van der Waals surface area contributed by atoms with Gasteiger partial charge in [-0.3, -0.25) is 96.8 Å². The van der Waals surface area contributed by atoms with Crippen LogP contribution in [0.4, 0.5) is 10.5 Å². The number of quaternary nitrogens is 2. The summed E-state index contributed by atoms with van der Waals surface area (Å²) in [5.41, 5.74) is 12.9. The number of unbranched alkanes of at least 4 members (excludes halogenated alkanes) is 2. The number of rotatable bonds is 31. The van der Waals surface area contributed by atoms with Gasteiger partial charge in [0.25, 0.3) is 35.4 Å². The van der Waals surface area contributed by atoms with Crippen LogP contribution in [0, 0.1) is 10.1 Å². The first-order valence-electron chi connectivity index (χ1n) is 29.1. The molecule has 3 unspecified atom stereocenters. The monoisotopic (exact) mass is 1340 g/mol. The number of hydrogen-bond donors (Lipinski definition) is 6. The van der Waals surface area contributed by atoms with Crippen molar-refractivity contribution in [1.82, 2.24) is 40.1 Å². The quantitative estimate of drug-likeness (QED) is 0.0194. The van der Waals surface area contributed by atoms with Gasteiger partial charge in [0.05, 0.1) is 30.1 Å². The molecule has 11 N–H and O–H groups in total. The van der Waals surface area contributed by atoms with Gasteiger partial charge in [-0.25, -0.2) is 9.78 Å². The van der Waals surface area contributed by atoms with Crippen molar-refractivity contribution >= 4 is 116 Å². The molecule has 1 aromatic carbocycles. The largest absolute Gasteiger partial charge is 0.480 e. The average molecular weight is 1340 g/mol. The molecule has 0 bridgehead atoms. The van der Waals surface area contributed by atoms with E-state index in [9.17, 15) is 82.0 Å². The Hall–Kier alpha value is -9.18. The van der Waals surface area contributed by atoms with Gasteiger partial charge in [-0.1, -0.05) is 41.1 Å². The van der Waals surface area contributed by atoms with Crippen LogP contribution in [-0.2, 0) is 78.4 Å². The second-order valence-electron chi connectivity index (χ2n) is 21.5. The van der Waals surface area contributed by atoms with Crippen LogP contribution in [0.5, 0.6) is 0 Å². The number of Topliss-reactive ketones (excluding diaryl/α,β-unsaturated/α-hetero) is 4. The summed E-state index contributed by atoms with van der Waals surface area (Å²) in [5, 5.41) is 25.2. The maximum absolute atomic E-state index is 12.6. The van der Waals surface area contributed by atoms with Crippen molar-refractivity contribution in [3.8, 4) is 0 Å². The Balaban J connectivity index is 0.000000623. The Kier molecular flexibility index (Phi) is 37.7. The van der Waals surface area contributed by atoms with Gasteiger partial charge in [-0.15, -0.1) is 0 Å². The number of carbonyl (C=O) groups is 15. The molecule has 0 radical (unpaired) electrons. The third-order valence-electron chi connectivity index (χ3n) is 12.5. The number of carboxylic acid groups (broad SMARTS) is 1. The minimum Gasteiger partial charge on any atom is -0.480 e. The van der Waals surface area contributed by atoms with Gasteiger partial charge in [-0.05, 0) is 103 Å². The van der Waals surface area contributed by atoms with E-state index in [1.54, 1.807) is 58.9 Å². The predicted molar refractivity (Wildman–Crippen MR) is 338 cm³/mol. The fourth-order valence-corrected chi connectivity index (χ4v) is 9.71. The molecule has 0 spiro atoms. The number of ketones is 4. The summed E-state index contributed by atoms with van der Waals surface area (Å²) < 4.78 is 5.23.